The van der Waals surface area contributed by atoms with Gasteiger partial charge < -0.3 is 14.3 Å². The average molecular weight is 419 g/mol. The molecule has 0 spiro atoms. The number of furan rings is 1. The molecule has 0 aliphatic carbocycles. The van der Waals surface area contributed by atoms with Gasteiger partial charge in [-0.3, -0.25) is 14.5 Å². The monoisotopic (exact) mass is 418 g/mol. The molecular weight excluding hydrogens is 396 g/mol. The van der Waals surface area contributed by atoms with E-state index < -0.39 is 6.04 Å². The molecule has 0 radical (unpaired) electrons. The van der Waals surface area contributed by atoms with Gasteiger partial charge in [0.15, 0.2) is 0 Å². The Kier molecular flexibility index (Phi) is 6.69. The van der Waals surface area contributed by atoms with Crippen molar-refractivity contribution in [2.75, 3.05) is 6.54 Å². The second-order valence-electron chi connectivity index (χ2n) is 6.70. The van der Waals surface area contributed by atoms with Crippen molar-refractivity contribution >= 4 is 46.2 Å². The van der Waals surface area contributed by atoms with Crippen LogP contribution in [0.1, 0.15) is 26.0 Å². The van der Waals surface area contributed by atoms with E-state index >= 15 is 0 Å². The largest absolute Gasteiger partial charge is 0.465 e. The molecule has 0 saturated carbocycles. The topological polar surface area (TPSA) is 80.4 Å². The van der Waals surface area contributed by atoms with Gasteiger partial charge in [-0.05, 0) is 24.5 Å². The molecule has 2 amide bonds. The molecule has 0 aromatic carbocycles. The number of aryl methyl sites for hydroxylation is 1. The lowest BCUT2D eigenvalue weighted by Crippen LogP contribution is -2.51. The van der Waals surface area contributed by atoms with Crippen LogP contribution in [0.25, 0.3) is 6.08 Å². The van der Waals surface area contributed by atoms with Gasteiger partial charge in [0.25, 0.3) is 5.91 Å². The van der Waals surface area contributed by atoms with Gasteiger partial charge in [-0.2, -0.15) is 0 Å². The molecule has 7 nitrogen and oxygen atoms in total. The normalized spacial score (nSPS) is 17.0. The average Bonchev–Trinajstić information content (AvgIpc) is 3.39. The predicted molar refractivity (Wildman–Crippen MR) is 112 cm³/mol. The summed E-state index contributed by atoms with van der Waals surface area (Å²) in [4.78, 5) is 31.6. The van der Waals surface area contributed by atoms with Crippen LogP contribution in [0.2, 0.25) is 0 Å². The molecule has 1 aliphatic rings. The summed E-state index contributed by atoms with van der Waals surface area (Å²) in [7, 11) is 0. The standard InChI is InChI=1S/C19H22N4O3S2/c1-13(2)16(17(24)21-6-4-8-22-9-7-20-12-22)23-18(25)15(28-19(23)27)11-14-5-3-10-26-14/h3,5,7,9-13,16H,4,6,8H2,1-2H3,(H,21,24)/b15-11+/t16-/m0/s1. The van der Waals surface area contributed by atoms with E-state index in [-0.39, 0.29) is 17.7 Å². The number of nitrogens with one attached hydrogen (secondary N) is 1. The zero-order chi connectivity index (χ0) is 20.1. The number of aromatic nitrogens is 2. The summed E-state index contributed by atoms with van der Waals surface area (Å²) in [5.41, 5.74) is 0. The SMILES string of the molecule is CC(C)[C@@H](C(=O)NCCCn1ccnc1)N1C(=O)/C(=C\c2ccco2)SC1=S. The first kappa shape index (κ1) is 20.3. The van der Waals surface area contributed by atoms with Gasteiger partial charge >= 0.3 is 0 Å². The highest BCUT2D eigenvalue weighted by Crippen LogP contribution is 2.35. The Balaban J connectivity index is 1.64. The van der Waals surface area contributed by atoms with Crippen LogP contribution in [0.4, 0.5) is 0 Å². The lowest BCUT2D eigenvalue weighted by molar-refractivity contribution is -0.134. The van der Waals surface area contributed by atoms with E-state index in [1.54, 1.807) is 37.0 Å². The first-order valence-corrected chi connectivity index (χ1v) is 10.2. The zero-order valence-corrected chi connectivity index (χ0v) is 17.3. The summed E-state index contributed by atoms with van der Waals surface area (Å²) in [6, 6.07) is 2.86. The predicted octanol–water partition coefficient (Wildman–Crippen LogP) is 2.91. The third-order valence-corrected chi connectivity index (χ3v) is 5.60. The van der Waals surface area contributed by atoms with Crippen LogP contribution in [0.3, 0.4) is 0 Å². The summed E-state index contributed by atoms with van der Waals surface area (Å²) >= 11 is 6.59. The Hall–Kier alpha value is -2.39. The van der Waals surface area contributed by atoms with Crippen molar-refractivity contribution in [1.29, 1.82) is 0 Å². The Labute approximate surface area is 173 Å². The number of carbonyl (C=O) groups excluding carboxylic acids is 2. The molecule has 1 fully saturated rings. The van der Waals surface area contributed by atoms with E-state index in [9.17, 15) is 9.59 Å². The van der Waals surface area contributed by atoms with Crippen LogP contribution in [0, 0.1) is 5.92 Å². The second-order valence-corrected chi connectivity index (χ2v) is 8.38. The van der Waals surface area contributed by atoms with Crippen molar-refractivity contribution in [3.63, 3.8) is 0 Å². The molecule has 2 aromatic heterocycles. The van der Waals surface area contributed by atoms with Gasteiger partial charge in [-0.15, -0.1) is 0 Å². The summed E-state index contributed by atoms with van der Waals surface area (Å²) in [5.74, 6) is 0.0273. The summed E-state index contributed by atoms with van der Waals surface area (Å²) in [6.07, 6.45) is 9.30. The van der Waals surface area contributed by atoms with Gasteiger partial charge in [0.1, 0.15) is 16.1 Å². The van der Waals surface area contributed by atoms with Crippen LogP contribution >= 0.6 is 24.0 Å². The van der Waals surface area contributed by atoms with Gasteiger partial charge in [0.2, 0.25) is 5.91 Å². The highest BCUT2D eigenvalue weighted by atomic mass is 32.2. The maximum absolute atomic E-state index is 12.9. The first-order valence-electron chi connectivity index (χ1n) is 9.01. The lowest BCUT2D eigenvalue weighted by atomic mass is 10.0. The molecule has 3 heterocycles. The molecule has 0 unspecified atom stereocenters. The number of rotatable bonds is 8. The van der Waals surface area contributed by atoms with E-state index in [0.717, 1.165) is 13.0 Å². The minimum absolute atomic E-state index is 0.0842. The van der Waals surface area contributed by atoms with E-state index in [4.69, 9.17) is 16.6 Å². The molecule has 2 aromatic rings. The molecule has 148 valence electrons. The number of amides is 2. The van der Waals surface area contributed by atoms with Crippen molar-refractivity contribution in [2.45, 2.75) is 32.9 Å². The zero-order valence-electron chi connectivity index (χ0n) is 15.7. The fraction of sp³-hybridized carbons (Fsp3) is 0.368. The van der Waals surface area contributed by atoms with Crippen molar-refractivity contribution < 1.29 is 14.0 Å². The maximum atomic E-state index is 12.9. The van der Waals surface area contributed by atoms with Gasteiger partial charge in [0, 0.05) is 31.6 Å². The summed E-state index contributed by atoms with van der Waals surface area (Å²) < 4.78 is 7.61. The highest BCUT2D eigenvalue weighted by Gasteiger charge is 2.41. The molecule has 9 heteroatoms. The quantitative estimate of drug-likeness (QED) is 0.403. The number of thiocarbonyl (C=S) groups is 1. The van der Waals surface area contributed by atoms with E-state index in [0.29, 0.717) is 21.5 Å². The van der Waals surface area contributed by atoms with Crippen molar-refractivity contribution in [1.82, 2.24) is 19.8 Å². The summed E-state index contributed by atoms with van der Waals surface area (Å²) in [6.45, 7) is 5.09. The minimum atomic E-state index is -0.650. The van der Waals surface area contributed by atoms with Crippen LogP contribution < -0.4 is 5.32 Å². The molecule has 1 N–H and O–H groups in total. The third-order valence-electron chi connectivity index (χ3n) is 4.27. The van der Waals surface area contributed by atoms with Crippen LogP contribution in [-0.2, 0) is 16.1 Å². The fourth-order valence-corrected chi connectivity index (χ4v) is 4.25. The van der Waals surface area contributed by atoms with Crippen LogP contribution in [0.5, 0.6) is 0 Å². The number of thioether (sulfide) groups is 1. The Morgan fingerprint density at radius 1 is 1.46 bits per heavy atom. The smallest absolute Gasteiger partial charge is 0.267 e. The lowest BCUT2D eigenvalue weighted by Gasteiger charge is -2.29. The Morgan fingerprint density at radius 2 is 2.29 bits per heavy atom. The molecule has 1 atom stereocenters. The van der Waals surface area contributed by atoms with E-state index in [2.05, 4.69) is 10.3 Å². The number of imidazole rings is 1. The van der Waals surface area contributed by atoms with Gasteiger partial charge in [-0.25, -0.2) is 4.98 Å². The minimum Gasteiger partial charge on any atom is -0.465 e. The summed E-state index contributed by atoms with van der Waals surface area (Å²) in [5, 5.41) is 2.93. The molecule has 0 bridgehead atoms. The molecular formula is C19H22N4O3S2. The number of hydrogen-bond donors (Lipinski definition) is 1. The number of carbonyl (C=O) groups is 2. The first-order chi connectivity index (χ1) is 13.5. The van der Waals surface area contributed by atoms with Crippen molar-refractivity contribution in [3.05, 3.63) is 47.8 Å². The molecule has 1 saturated heterocycles. The van der Waals surface area contributed by atoms with Crippen molar-refractivity contribution in [3.8, 4) is 0 Å². The Morgan fingerprint density at radius 3 is 2.93 bits per heavy atom. The second kappa shape index (κ2) is 9.20. The van der Waals surface area contributed by atoms with Crippen LogP contribution in [-0.4, -0.2) is 43.2 Å². The third kappa shape index (κ3) is 4.71. The van der Waals surface area contributed by atoms with E-state index in [1.165, 1.54) is 16.7 Å². The molecule has 1 aliphatic heterocycles. The van der Waals surface area contributed by atoms with Gasteiger partial charge in [0.05, 0.1) is 17.5 Å². The van der Waals surface area contributed by atoms with E-state index in [1.807, 2.05) is 24.6 Å². The fourth-order valence-electron chi connectivity index (χ4n) is 2.94. The highest BCUT2D eigenvalue weighted by molar-refractivity contribution is 8.26. The number of nitrogens with zero attached hydrogens (tertiary/aromatic N) is 3. The maximum Gasteiger partial charge on any atom is 0.267 e. The van der Waals surface area contributed by atoms with Crippen molar-refractivity contribution in [2.24, 2.45) is 5.92 Å². The van der Waals surface area contributed by atoms with Crippen LogP contribution in [0.15, 0.2) is 46.4 Å². The molecule has 3 rings (SSSR count). The van der Waals surface area contributed by atoms with Gasteiger partial charge in [-0.1, -0.05) is 37.8 Å². The number of hydrogen-bond acceptors (Lipinski definition) is 6. The molecule has 28 heavy (non-hydrogen) atoms. The Bertz CT molecular complexity index is 860.